The smallest absolute Gasteiger partial charge is 0.186 e. The molecule has 0 N–H and O–H groups in total. The minimum absolute atomic E-state index is 0.0329. The molecule has 1 unspecified atom stereocenters. The highest BCUT2D eigenvalue weighted by atomic mass is 16.7. The second-order valence-electron chi connectivity index (χ2n) is 6.21. The fraction of sp³-hybridized carbons (Fsp3) is 0.429. The fourth-order valence-corrected chi connectivity index (χ4v) is 3.12. The molecule has 0 spiro atoms. The number of ether oxygens (including phenoxy) is 4. The van der Waals surface area contributed by atoms with Gasteiger partial charge in [0.05, 0.1) is 19.3 Å². The Labute approximate surface area is 149 Å². The quantitative estimate of drug-likeness (QED) is 0.728. The third-order valence-electron chi connectivity index (χ3n) is 4.47. The van der Waals surface area contributed by atoms with Gasteiger partial charge in [-0.1, -0.05) is 67.6 Å². The van der Waals surface area contributed by atoms with Crippen molar-refractivity contribution in [3.8, 4) is 0 Å². The normalized spacial score (nSPS) is 26.0. The monoisotopic (exact) mass is 342 g/mol. The van der Waals surface area contributed by atoms with Crippen molar-refractivity contribution in [2.75, 3.05) is 7.11 Å². The molecule has 3 rings (SSSR count). The minimum atomic E-state index is -0.408. The summed E-state index contributed by atoms with van der Waals surface area (Å²) in [6.45, 7) is 3.14. The van der Waals surface area contributed by atoms with Crippen molar-refractivity contribution in [3.05, 3.63) is 71.8 Å². The molecule has 0 aromatic heterocycles. The van der Waals surface area contributed by atoms with E-state index < -0.39 is 6.29 Å². The average Bonchev–Trinajstić information content (AvgIpc) is 3.03. The van der Waals surface area contributed by atoms with E-state index >= 15 is 0 Å². The summed E-state index contributed by atoms with van der Waals surface area (Å²) in [4.78, 5) is 0. The Morgan fingerprint density at radius 1 is 0.800 bits per heavy atom. The molecule has 4 nitrogen and oxygen atoms in total. The number of hydrogen-bond donors (Lipinski definition) is 0. The summed E-state index contributed by atoms with van der Waals surface area (Å²) in [5.74, 6) is 0. The van der Waals surface area contributed by atoms with Crippen molar-refractivity contribution in [2.24, 2.45) is 0 Å². The van der Waals surface area contributed by atoms with Gasteiger partial charge in [0.2, 0.25) is 0 Å². The summed E-state index contributed by atoms with van der Waals surface area (Å²) in [5, 5.41) is 0. The molecule has 1 saturated heterocycles. The Bertz CT molecular complexity index is 561. The zero-order valence-electron chi connectivity index (χ0n) is 14.8. The molecule has 1 aliphatic heterocycles. The standard InChI is InChI=1S/C21H26O4/c1-3-18-19(23-14-16-10-6-4-7-11-16)20(21(22-2)25-18)24-15-17-12-8-5-9-13-17/h4-13,18-21H,3,14-15H2,1-2H3/t18-,19-,20?,21-/m1/s1. The van der Waals surface area contributed by atoms with Gasteiger partial charge < -0.3 is 18.9 Å². The Hall–Kier alpha value is -1.72. The van der Waals surface area contributed by atoms with Gasteiger partial charge in [0.25, 0.3) is 0 Å². The number of hydrogen-bond acceptors (Lipinski definition) is 4. The van der Waals surface area contributed by atoms with Crippen LogP contribution in [0.15, 0.2) is 60.7 Å². The summed E-state index contributed by atoms with van der Waals surface area (Å²) in [6.07, 6.45) is 0.00597. The Morgan fingerprint density at radius 2 is 1.32 bits per heavy atom. The molecule has 0 amide bonds. The van der Waals surface area contributed by atoms with Crippen LogP contribution in [0, 0.1) is 0 Å². The van der Waals surface area contributed by atoms with E-state index in [0.29, 0.717) is 13.2 Å². The third-order valence-corrected chi connectivity index (χ3v) is 4.47. The maximum atomic E-state index is 6.20. The molecule has 2 aromatic rings. The van der Waals surface area contributed by atoms with Crippen LogP contribution in [0.2, 0.25) is 0 Å². The van der Waals surface area contributed by atoms with E-state index in [2.05, 4.69) is 31.2 Å². The van der Waals surface area contributed by atoms with Crippen molar-refractivity contribution in [2.45, 2.75) is 51.2 Å². The second-order valence-corrected chi connectivity index (χ2v) is 6.21. The van der Waals surface area contributed by atoms with Crippen molar-refractivity contribution in [3.63, 3.8) is 0 Å². The second kappa shape index (κ2) is 9.11. The lowest BCUT2D eigenvalue weighted by Crippen LogP contribution is -2.38. The molecule has 134 valence electrons. The first-order valence-corrected chi connectivity index (χ1v) is 8.81. The molecular weight excluding hydrogens is 316 g/mol. The van der Waals surface area contributed by atoms with E-state index in [9.17, 15) is 0 Å². The van der Waals surface area contributed by atoms with Crippen LogP contribution in [0.25, 0.3) is 0 Å². The summed E-state index contributed by atoms with van der Waals surface area (Å²) in [6, 6.07) is 20.3. The van der Waals surface area contributed by atoms with Crippen LogP contribution in [-0.4, -0.2) is 31.7 Å². The van der Waals surface area contributed by atoms with Gasteiger partial charge in [0.15, 0.2) is 6.29 Å². The molecule has 0 bridgehead atoms. The van der Waals surface area contributed by atoms with Crippen molar-refractivity contribution in [1.82, 2.24) is 0 Å². The maximum Gasteiger partial charge on any atom is 0.186 e. The highest BCUT2D eigenvalue weighted by Gasteiger charge is 2.45. The van der Waals surface area contributed by atoms with Crippen LogP contribution in [0.4, 0.5) is 0 Å². The van der Waals surface area contributed by atoms with E-state index in [0.717, 1.165) is 17.5 Å². The van der Waals surface area contributed by atoms with Crippen molar-refractivity contribution < 1.29 is 18.9 Å². The summed E-state index contributed by atoms with van der Waals surface area (Å²) < 4.78 is 23.8. The molecule has 4 heteroatoms. The van der Waals surface area contributed by atoms with Gasteiger partial charge in [-0.25, -0.2) is 0 Å². The predicted octanol–water partition coefficient (Wildman–Crippen LogP) is 3.94. The van der Waals surface area contributed by atoms with Crippen LogP contribution in [0.1, 0.15) is 24.5 Å². The van der Waals surface area contributed by atoms with E-state index in [1.807, 2.05) is 36.4 Å². The summed E-state index contributed by atoms with van der Waals surface area (Å²) in [5.41, 5.74) is 2.26. The van der Waals surface area contributed by atoms with Crippen LogP contribution in [0.3, 0.4) is 0 Å². The molecule has 0 aliphatic carbocycles. The summed E-state index contributed by atoms with van der Waals surface area (Å²) >= 11 is 0. The van der Waals surface area contributed by atoms with Crippen molar-refractivity contribution >= 4 is 0 Å². The highest BCUT2D eigenvalue weighted by molar-refractivity contribution is 5.14. The van der Waals surface area contributed by atoms with Gasteiger partial charge in [-0.3, -0.25) is 0 Å². The largest absolute Gasteiger partial charge is 0.368 e. The first kappa shape index (κ1) is 18.1. The lowest BCUT2D eigenvalue weighted by molar-refractivity contribution is -0.166. The number of methoxy groups -OCH3 is 1. The first-order valence-electron chi connectivity index (χ1n) is 8.81. The lowest BCUT2D eigenvalue weighted by Gasteiger charge is -2.24. The Morgan fingerprint density at radius 3 is 1.80 bits per heavy atom. The lowest BCUT2D eigenvalue weighted by atomic mass is 10.1. The SMILES string of the molecule is CC[C@H]1O[C@@H](OC)C(OCc2ccccc2)[C@@H]1OCc1ccccc1. The molecule has 1 heterocycles. The molecule has 4 atom stereocenters. The third kappa shape index (κ3) is 4.67. The molecular formula is C21H26O4. The molecule has 1 fully saturated rings. The molecule has 1 aliphatic rings. The Balaban J connectivity index is 1.66. The van der Waals surface area contributed by atoms with Crippen LogP contribution in [0.5, 0.6) is 0 Å². The van der Waals surface area contributed by atoms with Gasteiger partial charge in [-0.2, -0.15) is 0 Å². The number of rotatable bonds is 8. The van der Waals surface area contributed by atoms with Gasteiger partial charge in [0.1, 0.15) is 12.2 Å². The van der Waals surface area contributed by atoms with Crippen molar-refractivity contribution in [1.29, 1.82) is 0 Å². The fourth-order valence-electron chi connectivity index (χ4n) is 3.12. The zero-order chi connectivity index (χ0) is 17.5. The highest BCUT2D eigenvalue weighted by Crippen LogP contribution is 2.30. The van der Waals surface area contributed by atoms with Gasteiger partial charge >= 0.3 is 0 Å². The predicted molar refractivity (Wildman–Crippen MR) is 96.0 cm³/mol. The maximum absolute atomic E-state index is 6.20. The van der Waals surface area contributed by atoms with Gasteiger partial charge in [-0.15, -0.1) is 0 Å². The molecule has 2 aromatic carbocycles. The molecule has 0 radical (unpaired) electrons. The van der Waals surface area contributed by atoms with E-state index in [4.69, 9.17) is 18.9 Å². The van der Waals surface area contributed by atoms with Crippen LogP contribution in [-0.2, 0) is 32.2 Å². The van der Waals surface area contributed by atoms with Crippen LogP contribution < -0.4 is 0 Å². The first-order chi connectivity index (χ1) is 12.3. The zero-order valence-corrected chi connectivity index (χ0v) is 14.8. The van der Waals surface area contributed by atoms with Crippen LogP contribution >= 0.6 is 0 Å². The van der Waals surface area contributed by atoms with E-state index in [1.54, 1.807) is 7.11 Å². The van der Waals surface area contributed by atoms with E-state index in [1.165, 1.54) is 0 Å². The molecule has 0 saturated carbocycles. The molecule has 25 heavy (non-hydrogen) atoms. The minimum Gasteiger partial charge on any atom is -0.368 e. The van der Waals surface area contributed by atoms with Gasteiger partial charge in [-0.05, 0) is 17.5 Å². The topological polar surface area (TPSA) is 36.9 Å². The summed E-state index contributed by atoms with van der Waals surface area (Å²) in [7, 11) is 1.65. The number of benzene rings is 2. The Kier molecular flexibility index (Phi) is 6.59. The van der Waals surface area contributed by atoms with E-state index in [-0.39, 0.29) is 18.3 Å². The van der Waals surface area contributed by atoms with Gasteiger partial charge in [0, 0.05) is 7.11 Å². The average molecular weight is 342 g/mol.